The Kier molecular flexibility index (Phi) is 7.46. The third-order valence-electron chi connectivity index (χ3n) is 3.76. The molecule has 122 valence electrons. The molecule has 0 spiro atoms. The Morgan fingerprint density at radius 3 is 2.14 bits per heavy atom. The highest BCUT2D eigenvalue weighted by Crippen LogP contribution is 2.18. The zero-order valence-corrected chi connectivity index (χ0v) is 14.5. The monoisotopic (exact) mass is 303 g/mol. The Labute approximate surface area is 134 Å². The predicted molar refractivity (Wildman–Crippen MR) is 91.0 cm³/mol. The smallest absolute Gasteiger partial charge is 0.147 e. The molecule has 3 heteroatoms. The zero-order valence-electron chi connectivity index (χ0n) is 14.5. The molecule has 3 nitrogen and oxygen atoms in total. The molecule has 22 heavy (non-hydrogen) atoms. The molecule has 0 aromatic heterocycles. The van der Waals surface area contributed by atoms with Crippen molar-refractivity contribution < 1.29 is 9.59 Å². The van der Waals surface area contributed by atoms with Crippen LogP contribution in [0.15, 0.2) is 24.3 Å². The summed E-state index contributed by atoms with van der Waals surface area (Å²) in [6.07, 6.45) is 0.968. The number of ketones is 2. The summed E-state index contributed by atoms with van der Waals surface area (Å²) in [5, 5.41) is 3.13. The van der Waals surface area contributed by atoms with Gasteiger partial charge in [-0.2, -0.15) is 0 Å². The predicted octanol–water partition coefficient (Wildman–Crippen LogP) is 3.34. The maximum absolute atomic E-state index is 12.4. The molecule has 0 bridgehead atoms. The summed E-state index contributed by atoms with van der Waals surface area (Å²) in [5.74, 6) is 0.0313. The van der Waals surface area contributed by atoms with Crippen LogP contribution in [0.5, 0.6) is 0 Å². The Bertz CT molecular complexity index is 489. The van der Waals surface area contributed by atoms with Crippen LogP contribution in [0.2, 0.25) is 0 Å². The van der Waals surface area contributed by atoms with Crippen LogP contribution < -0.4 is 5.32 Å². The van der Waals surface area contributed by atoms with Crippen molar-refractivity contribution in [3.63, 3.8) is 0 Å². The van der Waals surface area contributed by atoms with Crippen molar-refractivity contribution in [2.24, 2.45) is 11.8 Å². The quantitative estimate of drug-likeness (QED) is 0.761. The Balaban J connectivity index is 2.73. The lowest BCUT2D eigenvalue weighted by molar-refractivity contribution is -0.129. The zero-order chi connectivity index (χ0) is 16.7. The summed E-state index contributed by atoms with van der Waals surface area (Å²) >= 11 is 0. The van der Waals surface area contributed by atoms with Crippen LogP contribution in [-0.4, -0.2) is 24.2 Å². The molecule has 1 rings (SSSR count). The molecule has 0 saturated heterocycles. The first-order valence-electron chi connectivity index (χ1n) is 8.14. The lowest BCUT2D eigenvalue weighted by atomic mass is 9.85. The van der Waals surface area contributed by atoms with Gasteiger partial charge < -0.3 is 5.32 Å². The molecule has 0 heterocycles. The molecule has 1 atom stereocenters. The van der Waals surface area contributed by atoms with Crippen molar-refractivity contribution in [2.45, 2.75) is 53.5 Å². The molecular formula is C19H29NO2. The van der Waals surface area contributed by atoms with Crippen LogP contribution in [0.1, 0.15) is 45.2 Å². The largest absolute Gasteiger partial charge is 0.308 e. The lowest BCUT2D eigenvalue weighted by Crippen LogP contribution is -2.32. The van der Waals surface area contributed by atoms with E-state index in [1.54, 1.807) is 0 Å². The number of nitrogens with one attached hydrogen (secondary N) is 1. The molecule has 0 saturated carbocycles. The summed E-state index contributed by atoms with van der Waals surface area (Å²) in [7, 11) is 0. The second kappa shape index (κ2) is 8.84. The van der Waals surface area contributed by atoms with Crippen molar-refractivity contribution in [1.82, 2.24) is 5.32 Å². The van der Waals surface area contributed by atoms with Crippen molar-refractivity contribution in [2.75, 3.05) is 6.54 Å². The fraction of sp³-hybridized carbons (Fsp3) is 0.579. The van der Waals surface area contributed by atoms with Gasteiger partial charge >= 0.3 is 0 Å². The van der Waals surface area contributed by atoms with Gasteiger partial charge in [-0.3, -0.25) is 9.59 Å². The number of aryl methyl sites for hydroxylation is 1. The molecule has 0 aliphatic rings. The van der Waals surface area contributed by atoms with Crippen LogP contribution in [0, 0.1) is 18.8 Å². The number of Topliss-reactive ketones (excluding diaryl/α,β-unsaturated/α-hetero) is 2. The molecule has 0 aliphatic heterocycles. The summed E-state index contributed by atoms with van der Waals surface area (Å²) < 4.78 is 0. The number of hydrogen-bond donors (Lipinski definition) is 1. The minimum atomic E-state index is -0.218. The van der Waals surface area contributed by atoms with Gasteiger partial charge in [-0.1, -0.05) is 57.5 Å². The van der Waals surface area contributed by atoms with Crippen molar-refractivity contribution >= 4 is 11.6 Å². The highest BCUT2D eigenvalue weighted by Gasteiger charge is 2.24. The van der Waals surface area contributed by atoms with Gasteiger partial charge in [0.15, 0.2) is 0 Å². The molecule has 0 fully saturated rings. The van der Waals surface area contributed by atoms with Crippen molar-refractivity contribution in [1.29, 1.82) is 0 Å². The molecule has 1 aromatic carbocycles. The first kappa shape index (κ1) is 18.6. The van der Waals surface area contributed by atoms with Crippen LogP contribution in [-0.2, 0) is 16.0 Å². The number of carbonyl (C=O) groups is 2. The Hall–Kier alpha value is -1.48. The van der Waals surface area contributed by atoms with Gasteiger partial charge in [0.05, 0.1) is 6.54 Å². The van der Waals surface area contributed by atoms with Gasteiger partial charge in [-0.15, -0.1) is 0 Å². The van der Waals surface area contributed by atoms with Crippen LogP contribution in [0.4, 0.5) is 0 Å². The van der Waals surface area contributed by atoms with E-state index in [-0.39, 0.29) is 29.4 Å². The normalized spacial score (nSPS) is 12.7. The highest BCUT2D eigenvalue weighted by atomic mass is 16.1. The number of hydrogen-bond acceptors (Lipinski definition) is 3. The molecule has 1 aromatic rings. The summed E-state index contributed by atoms with van der Waals surface area (Å²) in [5.41, 5.74) is 2.32. The van der Waals surface area contributed by atoms with Crippen LogP contribution in [0.25, 0.3) is 0 Å². The maximum atomic E-state index is 12.4. The first-order valence-corrected chi connectivity index (χ1v) is 8.14. The van der Waals surface area contributed by atoms with Gasteiger partial charge in [0.2, 0.25) is 0 Å². The molecule has 1 N–H and O–H groups in total. The third-order valence-corrected chi connectivity index (χ3v) is 3.76. The maximum Gasteiger partial charge on any atom is 0.147 e. The molecular weight excluding hydrogens is 274 g/mol. The second-order valence-corrected chi connectivity index (χ2v) is 6.72. The van der Waals surface area contributed by atoms with E-state index in [0.717, 1.165) is 5.56 Å². The van der Waals surface area contributed by atoms with Crippen molar-refractivity contribution in [3.05, 3.63) is 35.4 Å². The van der Waals surface area contributed by atoms with Crippen LogP contribution in [0.3, 0.4) is 0 Å². The SMILES string of the molecule is Cc1ccc(C[C@@H](CC(=O)CNC(C)C)C(=O)C(C)C)cc1. The molecule has 0 aliphatic carbocycles. The second-order valence-electron chi connectivity index (χ2n) is 6.72. The third kappa shape index (κ3) is 6.52. The standard InChI is InChI=1S/C19H29NO2/c1-13(2)19(22)17(11-18(21)12-20-14(3)4)10-16-8-6-15(5)7-9-16/h6-9,13-14,17,20H,10-12H2,1-5H3/t17-/m0/s1. The minimum Gasteiger partial charge on any atom is -0.308 e. The Morgan fingerprint density at radius 2 is 1.64 bits per heavy atom. The van der Waals surface area contributed by atoms with E-state index < -0.39 is 0 Å². The molecule has 0 radical (unpaired) electrons. The van der Waals surface area contributed by atoms with E-state index in [9.17, 15) is 9.59 Å². The summed E-state index contributed by atoms with van der Waals surface area (Å²) in [6, 6.07) is 8.47. The van der Waals surface area contributed by atoms with Gasteiger partial charge in [-0.05, 0) is 18.9 Å². The van der Waals surface area contributed by atoms with E-state index in [0.29, 0.717) is 19.4 Å². The van der Waals surface area contributed by atoms with Gasteiger partial charge in [0, 0.05) is 24.3 Å². The van der Waals surface area contributed by atoms with E-state index in [4.69, 9.17) is 0 Å². The van der Waals surface area contributed by atoms with Gasteiger partial charge in [0.1, 0.15) is 11.6 Å². The van der Waals surface area contributed by atoms with E-state index in [2.05, 4.69) is 5.32 Å². The fourth-order valence-electron chi connectivity index (χ4n) is 2.42. The minimum absolute atomic E-state index is 0.0405. The van der Waals surface area contributed by atoms with Crippen LogP contribution >= 0.6 is 0 Å². The average Bonchev–Trinajstić information content (AvgIpc) is 2.45. The van der Waals surface area contributed by atoms with Gasteiger partial charge in [-0.25, -0.2) is 0 Å². The summed E-state index contributed by atoms with van der Waals surface area (Å²) in [6.45, 7) is 10.2. The lowest BCUT2D eigenvalue weighted by Gasteiger charge is -2.18. The average molecular weight is 303 g/mol. The molecule has 0 amide bonds. The fourth-order valence-corrected chi connectivity index (χ4v) is 2.42. The first-order chi connectivity index (χ1) is 10.3. The molecule has 0 unspecified atom stereocenters. The number of rotatable bonds is 9. The van der Waals surface area contributed by atoms with Crippen molar-refractivity contribution in [3.8, 4) is 0 Å². The number of carbonyl (C=O) groups excluding carboxylic acids is 2. The van der Waals surface area contributed by atoms with Gasteiger partial charge in [0.25, 0.3) is 0 Å². The number of benzene rings is 1. The topological polar surface area (TPSA) is 46.2 Å². The van der Waals surface area contributed by atoms with E-state index in [1.807, 2.05) is 58.9 Å². The van der Waals surface area contributed by atoms with E-state index in [1.165, 1.54) is 5.56 Å². The highest BCUT2D eigenvalue weighted by molar-refractivity contribution is 5.89. The Morgan fingerprint density at radius 1 is 1.05 bits per heavy atom. The summed E-state index contributed by atoms with van der Waals surface area (Å²) in [4.78, 5) is 24.5. The van der Waals surface area contributed by atoms with E-state index >= 15 is 0 Å².